The van der Waals surface area contributed by atoms with Crippen molar-refractivity contribution in [1.29, 1.82) is 0 Å². The van der Waals surface area contributed by atoms with Gasteiger partial charge in [0.05, 0.1) is 23.0 Å². The van der Waals surface area contributed by atoms with Crippen LogP contribution in [0.2, 0.25) is 0 Å². The average molecular weight is 643 g/mol. The molecule has 13 heteroatoms. The normalized spacial score (nSPS) is 13.1. The summed E-state index contributed by atoms with van der Waals surface area (Å²) in [5.41, 5.74) is -4.37. The van der Waals surface area contributed by atoms with E-state index in [1.807, 2.05) is 0 Å². The van der Waals surface area contributed by atoms with E-state index in [-0.39, 0.29) is 5.82 Å². The molecular weight excluding hydrogens is 612 g/mol. The number of alkyl halides is 3. The first-order valence-electron chi connectivity index (χ1n) is 12.5. The lowest BCUT2D eigenvalue weighted by Crippen LogP contribution is -2.44. The second-order valence-electron chi connectivity index (χ2n) is 11.4. The summed E-state index contributed by atoms with van der Waals surface area (Å²) >= 11 is 3.39. The van der Waals surface area contributed by atoms with Gasteiger partial charge in [-0.3, -0.25) is 0 Å². The van der Waals surface area contributed by atoms with Crippen LogP contribution in [0.5, 0.6) is 0 Å². The van der Waals surface area contributed by atoms with E-state index in [9.17, 15) is 22.8 Å². The number of amides is 2. The van der Waals surface area contributed by atoms with Crippen molar-refractivity contribution in [2.45, 2.75) is 78.8 Å². The van der Waals surface area contributed by atoms with Crippen molar-refractivity contribution in [1.82, 2.24) is 10.2 Å². The highest BCUT2D eigenvalue weighted by atomic mass is 79.9. The fourth-order valence-corrected chi connectivity index (χ4v) is 4.19. The molecule has 0 unspecified atom stereocenters. The number of aromatic nitrogens is 2. The summed E-state index contributed by atoms with van der Waals surface area (Å²) in [6, 6.07) is 5.54. The van der Waals surface area contributed by atoms with Gasteiger partial charge < -0.3 is 14.8 Å². The molecule has 0 aliphatic carbocycles. The van der Waals surface area contributed by atoms with E-state index in [1.54, 1.807) is 25.1 Å². The molecule has 0 saturated heterocycles. The molecule has 2 amide bonds. The van der Waals surface area contributed by atoms with Gasteiger partial charge in [-0.15, -0.1) is 5.10 Å². The minimum Gasteiger partial charge on any atom is -0.443 e. The number of ether oxygens (including phenoxy) is 2. The van der Waals surface area contributed by atoms with E-state index in [0.29, 0.717) is 26.5 Å². The van der Waals surface area contributed by atoms with E-state index in [4.69, 9.17) is 9.47 Å². The van der Waals surface area contributed by atoms with Crippen LogP contribution >= 0.6 is 15.9 Å². The molecule has 1 aromatic heterocycles. The zero-order chi connectivity index (χ0) is 31.1. The van der Waals surface area contributed by atoms with Gasteiger partial charge in [0.15, 0.2) is 5.82 Å². The number of imide groups is 1. The molecule has 0 saturated carbocycles. The van der Waals surface area contributed by atoms with Gasteiger partial charge in [-0.1, -0.05) is 22.0 Å². The lowest BCUT2D eigenvalue weighted by Gasteiger charge is -2.29. The summed E-state index contributed by atoms with van der Waals surface area (Å²) < 4.78 is 69.0. The fraction of sp³-hybridized carbons (Fsp3) is 0.429. The van der Waals surface area contributed by atoms with Crippen LogP contribution < -0.4 is 10.2 Å². The van der Waals surface area contributed by atoms with Crippen LogP contribution in [-0.2, 0) is 15.7 Å². The minimum atomic E-state index is -5.16. The Morgan fingerprint density at radius 1 is 0.927 bits per heavy atom. The Hall–Kier alpha value is -3.48. The molecular formula is C28H31BrF4N4O4. The number of rotatable bonds is 4. The first kappa shape index (κ1) is 32.0. The van der Waals surface area contributed by atoms with E-state index in [2.05, 4.69) is 31.4 Å². The Balaban J connectivity index is 2.20. The van der Waals surface area contributed by atoms with Crippen molar-refractivity contribution < 1.29 is 36.6 Å². The van der Waals surface area contributed by atoms with Gasteiger partial charge in [0.1, 0.15) is 17.0 Å². The Morgan fingerprint density at radius 2 is 1.49 bits per heavy atom. The number of carbonyl (C=O) groups is 2. The van der Waals surface area contributed by atoms with Gasteiger partial charge in [0.2, 0.25) is 0 Å². The molecule has 0 spiro atoms. The monoisotopic (exact) mass is 642 g/mol. The molecule has 3 aromatic rings. The molecule has 0 aliphatic heterocycles. The third kappa shape index (κ3) is 7.84. The highest BCUT2D eigenvalue weighted by Crippen LogP contribution is 2.39. The zero-order valence-corrected chi connectivity index (χ0v) is 25.4. The number of nitrogens with zero attached hydrogens (tertiary/aromatic N) is 3. The quantitative estimate of drug-likeness (QED) is 0.284. The first-order valence-corrected chi connectivity index (χ1v) is 13.3. The van der Waals surface area contributed by atoms with Crippen molar-refractivity contribution >= 4 is 50.4 Å². The lowest BCUT2D eigenvalue weighted by molar-refractivity contribution is -0.140. The number of anilines is 2. The van der Waals surface area contributed by atoms with E-state index < -0.39 is 58.2 Å². The van der Waals surface area contributed by atoms with Gasteiger partial charge in [-0.25, -0.2) is 14.0 Å². The highest BCUT2D eigenvalue weighted by Gasteiger charge is 2.40. The molecule has 1 atom stereocenters. The summed E-state index contributed by atoms with van der Waals surface area (Å²) in [7, 11) is 0. The van der Waals surface area contributed by atoms with E-state index >= 15 is 4.39 Å². The molecule has 222 valence electrons. The van der Waals surface area contributed by atoms with Crippen LogP contribution in [0.15, 0.2) is 34.8 Å². The fourth-order valence-electron chi connectivity index (χ4n) is 3.83. The number of fused-ring (bicyclic) bond motifs is 1. The molecule has 41 heavy (non-hydrogen) atoms. The predicted molar refractivity (Wildman–Crippen MR) is 150 cm³/mol. The Kier molecular flexibility index (Phi) is 8.92. The molecule has 3 rings (SSSR count). The SMILES string of the molecule is Cc1nnc(N[C@H](C)c2cc(N(C(=O)OC(C)(C)C)C(=O)OC(C)(C)C)cc(C(F)(F)F)c2F)c2cc(Br)ccc12. The Bertz CT molecular complexity index is 1460. The molecule has 0 radical (unpaired) electrons. The maximum atomic E-state index is 15.5. The van der Waals surface area contributed by atoms with Crippen LogP contribution in [0.4, 0.5) is 38.7 Å². The van der Waals surface area contributed by atoms with E-state index in [1.165, 1.54) is 48.5 Å². The first-order chi connectivity index (χ1) is 18.7. The molecule has 8 nitrogen and oxygen atoms in total. The molecule has 2 aromatic carbocycles. The number of benzene rings is 2. The number of carbonyl (C=O) groups excluding carboxylic acids is 2. The maximum absolute atomic E-state index is 15.5. The largest absolute Gasteiger partial charge is 0.443 e. The van der Waals surface area contributed by atoms with Crippen LogP contribution in [0.3, 0.4) is 0 Å². The summed E-state index contributed by atoms with van der Waals surface area (Å²) in [5.74, 6) is -1.39. The standard InChI is InChI=1S/C28H31BrF4N4O4/c1-14(34-23-20-11-16(29)9-10-18(20)15(2)35-36-23)19-12-17(13-21(22(19)30)28(31,32)33)37(24(38)40-26(3,4)5)25(39)41-27(6,7)8/h9-14H,1-8H3,(H,34,36)/t14-/m1/s1. The number of hydrogen-bond acceptors (Lipinski definition) is 7. The highest BCUT2D eigenvalue weighted by molar-refractivity contribution is 9.10. The molecule has 0 fully saturated rings. The number of nitrogens with one attached hydrogen (secondary N) is 1. The third-order valence-electron chi connectivity index (χ3n) is 5.55. The van der Waals surface area contributed by atoms with Crippen molar-refractivity contribution in [2.24, 2.45) is 0 Å². The molecule has 1 N–H and O–H groups in total. The van der Waals surface area contributed by atoms with Crippen molar-refractivity contribution in [3.8, 4) is 0 Å². The van der Waals surface area contributed by atoms with Crippen LogP contribution in [0, 0.1) is 12.7 Å². The average Bonchev–Trinajstić information content (AvgIpc) is 2.78. The predicted octanol–water partition coefficient (Wildman–Crippen LogP) is 8.71. The summed E-state index contributed by atoms with van der Waals surface area (Å²) in [6.45, 7) is 12.3. The van der Waals surface area contributed by atoms with Crippen molar-refractivity contribution in [3.63, 3.8) is 0 Å². The topological polar surface area (TPSA) is 93.7 Å². The van der Waals surface area contributed by atoms with Crippen LogP contribution in [0.25, 0.3) is 10.8 Å². The zero-order valence-electron chi connectivity index (χ0n) is 23.8. The van der Waals surface area contributed by atoms with Crippen LogP contribution in [0.1, 0.15) is 71.3 Å². The van der Waals surface area contributed by atoms with Crippen molar-refractivity contribution in [2.75, 3.05) is 10.2 Å². The number of aryl methyl sites for hydroxylation is 1. The van der Waals surface area contributed by atoms with Gasteiger partial charge in [0, 0.05) is 20.8 Å². The summed E-state index contributed by atoms with van der Waals surface area (Å²) in [4.78, 5) is 26.5. The van der Waals surface area contributed by atoms with Gasteiger partial charge in [-0.05, 0) is 79.7 Å². The molecule has 0 aliphatic rings. The second-order valence-corrected chi connectivity index (χ2v) is 12.3. The second kappa shape index (κ2) is 11.4. The number of halogens is 5. The molecule has 0 bridgehead atoms. The lowest BCUT2D eigenvalue weighted by atomic mass is 10.0. The number of hydrogen-bond donors (Lipinski definition) is 1. The van der Waals surface area contributed by atoms with Crippen LogP contribution in [-0.4, -0.2) is 33.6 Å². The van der Waals surface area contributed by atoms with Gasteiger partial charge >= 0.3 is 18.4 Å². The third-order valence-corrected chi connectivity index (χ3v) is 6.04. The summed E-state index contributed by atoms with van der Waals surface area (Å²) in [5, 5.41) is 12.5. The van der Waals surface area contributed by atoms with Gasteiger partial charge in [-0.2, -0.15) is 23.2 Å². The molecule has 1 heterocycles. The summed E-state index contributed by atoms with van der Waals surface area (Å²) in [6.07, 6.45) is -7.75. The minimum absolute atomic E-state index is 0.189. The maximum Gasteiger partial charge on any atom is 0.424 e. The van der Waals surface area contributed by atoms with Crippen molar-refractivity contribution in [3.05, 3.63) is 57.4 Å². The van der Waals surface area contributed by atoms with E-state index in [0.717, 1.165) is 11.5 Å². The Morgan fingerprint density at radius 3 is 2.00 bits per heavy atom. The smallest absolute Gasteiger partial charge is 0.424 e. The van der Waals surface area contributed by atoms with Gasteiger partial charge in [0.25, 0.3) is 0 Å². The Labute approximate surface area is 243 Å².